The highest BCUT2D eigenvalue weighted by Gasteiger charge is 2.15. The average molecular weight is 306 g/mol. The molecule has 5 nitrogen and oxygen atoms in total. The van der Waals surface area contributed by atoms with Crippen LogP contribution in [0.25, 0.3) is 0 Å². The maximum atomic E-state index is 12.0. The lowest BCUT2D eigenvalue weighted by Gasteiger charge is -2.13. The van der Waals surface area contributed by atoms with E-state index in [1.807, 2.05) is 17.7 Å². The number of carbonyl (C=O) groups is 1. The molecular weight excluding hydrogens is 288 g/mol. The molecule has 0 bridgehead atoms. The number of benzene rings is 1. The quantitative estimate of drug-likeness (QED) is 0.632. The Kier molecular flexibility index (Phi) is 4.82. The summed E-state index contributed by atoms with van der Waals surface area (Å²) in [6, 6.07) is 3.72. The molecule has 2 rings (SSSR count). The van der Waals surface area contributed by atoms with Gasteiger partial charge in [-0.3, -0.25) is 4.79 Å². The van der Waals surface area contributed by atoms with Crippen molar-refractivity contribution in [1.29, 1.82) is 0 Å². The molecule has 0 aliphatic rings. The summed E-state index contributed by atoms with van der Waals surface area (Å²) in [6.07, 6.45) is 0.294. The first-order valence-electron chi connectivity index (χ1n) is 6.53. The fraction of sp³-hybridized carbons (Fsp3) is 0.267. The van der Waals surface area contributed by atoms with Crippen LogP contribution in [0.5, 0.6) is 11.5 Å². The first kappa shape index (κ1) is 15.3. The molecule has 1 aromatic heterocycles. The van der Waals surface area contributed by atoms with Crippen LogP contribution in [0, 0.1) is 6.92 Å². The number of carbonyl (C=O) groups excluding carboxylic acids is 1. The largest absolute Gasteiger partial charge is 0.504 e. The van der Waals surface area contributed by atoms with Crippen LogP contribution in [0.1, 0.15) is 16.7 Å². The Bertz CT molecular complexity index is 640. The van der Waals surface area contributed by atoms with E-state index in [0.29, 0.717) is 18.5 Å². The topological polar surface area (TPSA) is 95.6 Å². The molecule has 0 radical (unpaired) electrons. The van der Waals surface area contributed by atoms with E-state index in [4.69, 9.17) is 5.73 Å². The van der Waals surface area contributed by atoms with Gasteiger partial charge < -0.3 is 21.3 Å². The summed E-state index contributed by atoms with van der Waals surface area (Å²) >= 11 is 1.60. The van der Waals surface area contributed by atoms with Gasteiger partial charge in [0.2, 0.25) is 5.91 Å². The summed E-state index contributed by atoms with van der Waals surface area (Å²) in [4.78, 5) is 12.0. The van der Waals surface area contributed by atoms with Crippen molar-refractivity contribution in [3.63, 3.8) is 0 Å². The number of hydrogen-bond donors (Lipinski definition) is 4. The summed E-state index contributed by atoms with van der Waals surface area (Å²) in [6.45, 7) is 2.46. The second-order valence-corrected chi connectivity index (χ2v) is 5.68. The molecule has 1 amide bonds. The fourth-order valence-corrected chi connectivity index (χ4v) is 2.78. The molecule has 6 heteroatoms. The standard InChI is InChI=1S/C15H18N2O3S/c1-9-7-21-8-11(9)6-17-15(20)12(16)4-10-2-3-13(18)14(19)5-10/h2-3,5,7-8,12,18-19H,4,6,16H2,1H3,(H,17,20)/t12-/m0/s1. The van der Waals surface area contributed by atoms with Crippen LogP contribution in [-0.2, 0) is 17.8 Å². The highest BCUT2D eigenvalue weighted by atomic mass is 32.1. The van der Waals surface area contributed by atoms with Crippen molar-refractivity contribution in [3.05, 3.63) is 45.6 Å². The van der Waals surface area contributed by atoms with Crippen molar-refractivity contribution in [2.45, 2.75) is 25.9 Å². The molecule has 1 atom stereocenters. The number of aryl methyl sites for hydroxylation is 1. The molecule has 21 heavy (non-hydrogen) atoms. The molecule has 2 aromatic rings. The van der Waals surface area contributed by atoms with E-state index >= 15 is 0 Å². The van der Waals surface area contributed by atoms with Gasteiger partial charge >= 0.3 is 0 Å². The first-order valence-corrected chi connectivity index (χ1v) is 7.47. The van der Waals surface area contributed by atoms with E-state index in [1.54, 1.807) is 17.4 Å². The lowest BCUT2D eigenvalue weighted by molar-refractivity contribution is -0.122. The van der Waals surface area contributed by atoms with Crippen molar-refractivity contribution < 1.29 is 15.0 Å². The number of nitrogens with one attached hydrogen (secondary N) is 1. The van der Waals surface area contributed by atoms with Crippen LogP contribution in [0.3, 0.4) is 0 Å². The van der Waals surface area contributed by atoms with Crippen molar-refractivity contribution >= 4 is 17.2 Å². The molecule has 112 valence electrons. The number of aromatic hydroxyl groups is 2. The molecule has 0 fully saturated rings. The van der Waals surface area contributed by atoms with Crippen LogP contribution in [0.2, 0.25) is 0 Å². The number of amides is 1. The van der Waals surface area contributed by atoms with Gasteiger partial charge in [-0.1, -0.05) is 6.07 Å². The molecule has 0 aliphatic heterocycles. The number of rotatable bonds is 5. The zero-order chi connectivity index (χ0) is 15.4. The zero-order valence-corrected chi connectivity index (χ0v) is 12.5. The molecular formula is C15H18N2O3S. The van der Waals surface area contributed by atoms with E-state index in [2.05, 4.69) is 5.32 Å². The SMILES string of the molecule is Cc1cscc1CNC(=O)[C@@H](N)Cc1ccc(O)c(O)c1. The number of phenols is 2. The van der Waals surface area contributed by atoms with Gasteiger partial charge in [0.15, 0.2) is 11.5 Å². The van der Waals surface area contributed by atoms with Gasteiger partial charge in [-0.25, -0.2) is 0 Å². The van der Waals surface area contributed by atoms with Crippen molar-refractivity contribution in [3.8, 4) is 11.5 Å². The third kappa shape index (κ3) is 3.96. The van der Waals surface area contributed by atoms with Crippen LogP contribution in [-0.4, -0.2) is 22.2 Å². The molecule has 0 saturated carbocycles. The Labute approximate surface area is 127 Å². The lowest BCUT2D eigenvalue weighted by atomic mass is 10.1. The van der Waals surface area contributed by atoms with Gasteiger partial charge in [-0.2, -0.15) is 11.3 Å². The zero-order valence-electron chi connectivity index (χ0n) is 11.7. The van der Waals surface area contributed by atoms with Gasteiger partial charge in [0.05, 0.1) is 6.04 Å². The number of nitrogens with two attached hydrogens (primary N) is 1. The smallest absolute Gasteiger partial charge is 0.237 e. The van der Waals surface area contributed by atoms with Crippen molar-refractivity contribution in [1.82, 2.24) is 5.32 Å². The molecule has 1 heterocycles. The van der Waals surface area contributed by atoms with Crippen molar-refractivity contribution in [2.75, 3.05) is 0 Å². The monoisotopic (exact) mass is 306 g/mol. The van der Waals surface area contributed by atoms with E-state index in [9.17, 15) is 15.0 Å². The Morgan fingerprint density at radius 2 is 2.10 bits per heavy atom. The summed E-state index contributed by atoms with van der Waals surface area (Å²) < 4.78 is 0. The molecule has 0 aliphatic carbocycles. The third-order valence-corrected chi connectivity index (χ3v) is 4.16. The van der Waals surface area contributed by atoms with Gasteiger partial charge in [0.25, 0.3) is 0 Å². The minimum Gasteiger partial charge on any atom is -0.504 e. The molecule has 5 N–H and O–H groups in total. The fourth-order valence-electron chi connectivity index (χ4n) is 1.92. The van der Waals surface area contributed by atoms with E-state index in [0.717, 1.165) is 11.1 Å². The summed E-state index contributed by atoms with van der Waals surface area (Å²) in [5.41, 5.74) is 8.79. The van der Waals surface area contributed by atoms with Crippen molar-refractivity contribution in [2.24, 2.45) is 5.73 Å². The molecule has 0 spiro atoms. The van der Waals surface area contributed by atoms with Gasteiger partial charge in [0.1, 0.15) is 0 Å². The highest BCUT2D eigenvalue weighted by Crippen LogP contribution is 2.25. The van der Waals surface area contributed by atoms with Gasteiger partial charge in [-0.05, 0) is 52.9 Å². The second-order valence-electron chi connectivity index (χ2n) is 4.93. The number of hydrogen-bond acceptors (Lipinski definition) is 5. The highest BCUT2D eigenvalue weighted by molar-refractivity contribution is 7.08. The third-order valence-electron chi connectivity index (χ3n) is 3.25. The average Bonchev–Trinajstić information content (AvgIpc) is 2.85. The van der Waals surface area contributed by atoms with Crippen LogP contribution in [0.4, 0.5) is 0 Å². The van der Waals surface area contributed by atoms with Crippen LogP contribution >= 0.6 is 11.3 Å². The number of phenolic OH excluding ortho intramolecular Hbond substituents is 2. The van der Waals surface area contributed by atoms with Crippen LogP contribution in [0.15, 0.2) is 29.0 Å². The Morgan fingerprint density at radius 3 is 2.71 bits per heavy atom. The Balaban J connectivity index is 1.90. The predicted octanol–water partition coefficient (Wildman–Crippen LogP) is 1.65. The summed E-state index contributed by atoms with van der Waals surface area (Å²) in [5.74, 6) is -0.646. The Hall–Kier alpha value is -2.05. The molecule has 1 aromatic carbocycles. The number of thiophene rings is 1. The van der Waals surface area contributed by atoms with Gasteiger partial charge in [0, 0.05) is 6.54 Å². The molecule has 0 unspecified atom stereocenters. The predicted molar refractivity (Wildman–Crippen MR) is 82.4 cm³/mol. The minimum atomic E-state index is -0.701. The van der Waals surface area contributed by atoms with Crippen LogP contribution < -0.4 is 11.1 Å². The summed E-state index contributed by atoms with van der Waals surface area (Å²) in [5, 5.41) is 25.5. The minimum absolute atomic E-state index is 0.190. The normalized spacial score (nSPS) is 12.1. The van der Waals surface area contributed by atoms with E-state index < -0.39 is 6.04 Å². The molecule has 0 saturated heterocycles. The maximum Gasteiger partial charge on any atom is 0.237 e. The van der Waals surface area contributed by atoms with E-state index in [-0.39, 0.29) is 17.4 Å². The first-order chi connectivity index (χ1) is 9.97. The Morgan fingerprint density at radius 1 is 1.33 bits per heavy atom. The van der Waals surface area contributed by atoms with Gasteiger partial charge in [-0.15, -0.1) is 0 Å². The summed E-state index contributed by atoms with van der Waals surface area (Å²) in [7, 11) is 0. The second kappa shape index (κ2) is 6.60. The van der Waals surface area contributed by atoms with E-state index in [1.165, 1.54) is 12.1 Å². The lowest BCUT2D eigenvalue weighted by Crippen LogP contribution is -2.41. The maximum absolute atomic E-state index is 12.0.